The van der Waals surface area contributed by atoms with Crippen molar-refractivity contribution < 1.29 is 28.6 Å². The first-order chi connectivity index (χ1) is 33.5. The lowest BCUT2D eigenvalue weighted by molar-refractivity contribution is -0.167. The maximum atomic E-state index is 12.8. The molecular weight excluding hydrogens is 841 g/mol. The Morgan fingerprint density at radius 3 is 0.868 bits per heavy atom. The van der Waals surface area contributed by atoms with Gasteiger partial charge in [-0.3, -0.25) is 14.4 Å². The van der Waals surface area contributed by atoms with Crippen molar-refractivity contribution in [2.45, 2.75) is 341 Å². The Balaban J connectivity index is 3.95. The van der Waals surface area contributed by atoms with Crippen LogP contribution in [0.4, 0.5) is 0 Å². The van der Waals surface area contributed by atoms with Crippen LogP contribution >= 0.6 is 0 Å². The molecule has 0 saturated heterocycles. The van der Waals surface area contributed by atoms with Crippen LogP contribution < -0.4 is 0 Å². The van der Waals surface area contributed by atoms with Crippen molar-refractivity contribution in [2.24, 2.45) is 0 Å². The van der Waals surface area contributed by atoms with Crippen molar-refractivity contribution in [1.82, 2.24) is 0 Å². The van der Waals surface area contributed by atoms with Crippen LogP contribution in [0.5, 0.6) is 0 Å². The molecule has 0 fully saturated rings. The number of carbonyl (C=O) groups excluding carboxylic acids is 3. The van der Waals surface area contributed by atoms with Gasteiger partial charge in [-0.2, -0.15) is 0 Å². The molecule has 0 aromatic heterocycles. The number of ether oxygens (including phenoxy) is 3. The Labute approximate surface area is 423 Å². The van der Waals surface area contributed by atoms with Gasteiger partial charge in [-0.25, -0.2) is 0 Å². The van der Waals surface area contributed by atoms with Crippen LogP contribution in [0.25, 0.3) is 0 Å². The third-order valence-electron chi connectivity index (χ3n) is 13.7. The van der Waals surface area contributed by atoms with Gasteiger partial charge in [-0.1, -0.05) is 295 Å². The number of rotatable bonds is 56. The molecular formula is C62H116O6. The number of unbranched alkanes of at least 4 members (excludes halogenated alkanes) is 41. The Hall–Kier alpha value is -2.11. The molecule has 1 atom stereocenters. The quantitative estimate of drug-likeness (QED) is 0.0262. The Morgan fingerprint density at radius 2 is 0.559 bits per heavy atom. The molecule has 0 radical (unpaired) electrons. The molecule has 6 heteroatoms. The van der Waals surface area contributed by atoms with E-state index < -0.39 is 6.10 Å². The largest absolute Gasteiger partial charge is 0.462 e. The maximum Gasteiger partial charge on any atom is 0.306 e. The van der Waals surface area contributed by atoms with Crippen molar-refractivity contribution in [3.8, 4) is 0 Å². The van der Waals surface area contributed by atoms with Gasteiger partial charge in [0, 0.05) is 19.3 Å². The summed E-state index contributed by atoms with van der Waals surface area (Å²) in [6.07, 6.45) is 68.0. The summed E-state index contributed by atoms with van der Waals surface area (Å²) in [7, 11) is 0. The van der Waals surface area contributed by atoms with Crippen molar-refractivity contribution in [3.63, 3.8) is 0 Å². The van der Waals surface area contributed by atoms with E-state index in [2.05, 4.69) is 45.1 Å². The van der Waals surface area contributed by atoms with Crippen LogP contribution in [0.1, 0.15) is 335 Å². The Bertz CT molecular complexity index is 1100. The molecule has 0 aromatic rings. The van der Waals surface area contributed by atoms with Crippen molar-refractivity contribution >= 4 is 17.9 Å². The predicted octanol–water partition coefficient (Wildman–Crippen LogP) is 20.3. The summed E-state index contributed by atoms with van der Waals surface area (Å²) < 4.78 is 16.8. The van der Waals surface area contributed by atoms with Gasteiger partial charge in [0.05, 0.1) is 0 Å². The zero-order valence-corrected chi connectivity index (χ0v) is 45.9. The van der Waals surface area contributed by atoms with Gasteiger partial charge >= 0.3 is 17.9 Å². The average molecular weight is 958 g/mol. The van der Waals surface area contributed by atoms with Crippen LogP contribution in [0, 0.1) is 0 Å². The van der Waals surface area contributed by atoms with E-state index in [1.165, 1.54) is 205 Å². The zero-order chi connectivity index (χ0) is 49.3. The van der Waals surface area contributed by atoms with E-state index in [9.17, 15) is 14.4 Å². The van der Waals surface area contributed by atoms with Crippen LogP contribution in [-0.2, 0) is 28.6 Å². The summed E-state index contributed by atoms with van der Waals surface area (Å²) >= 11 is 0. The highest BCUT2D eigenvalue weighted by atomic mass is 16.6. The monoisotopic (exact) mass is 957 g/mol. The molecule has 0 saturated carbocycles. The summed E-state index contributed by atoms with van der Waals surface area (Å²) in [5, 5.41) is 0. The van der Waals surface area contributed by atoms with Gasteiger partial charge in [-0.15, -0.1) is 0 Å². The molecule has 6 nitrogen and oxygen atoms in total. The van der Waals surface area contributed by atoms with E-state index in [0.29, 0.717) is 19.3 Å². The molecule has 400 valence electrons. The Kier molecular flexibility index (Phi) is 55.7. The van der Waals surface area contributed by atoms with E-state index in [1.54, 1.807) is 0 Å². The maximum absolute atomic E-state index is 12.8. The summed E-state index contributed by atoms with van der Waals surface area (Å²) in [6, 6.07) is 0. The molecule has 0 N–H and O–H groups in total. The van der Waals surface area contributed by atoms with Gasteiger partial charge in [0.2, 0.25) is 0 Å². The number of hydrogen-bond donors (Lipinski definition) is 0. The second kappa shape index (κ2) is 57.5. The first-order valence-corrected chi connectivity index (χ1v) is 30.3. The highest BCUT2D eigenvalue weighted by Crippen LogP contribution is 2.18. The molecule has 0 aromatic carbocycles. The molecule has 68 heavy (non-hydrogen) atoms. The molecule has 0 spiro atoms. The third-order valence-corrected chi connectivity index (χ3v) is 13.7. The number of allylic oxidation sites excluding steroid dienone is 4. The highest BCUT2D eigenvalue weighted by molar-refractivity contribution is 5.71. The normalized spacial score (nSPS) is 12.1. The zero-order valence-electron chi connectivity index (χ0n) is 45.9. The van der Waals surface area contributed by atoms with Crippen molar-refractivity contribution in [1.29, 1.82) is 0 Å². The topological polar surface area (TPSA) is 78.9 Å². The molecule has 1 unspecified atom stereocenters. The highest BCUT2D eigenvalue weighted by Gasteiger charge is 2.19. The van der Waals surface area contributed by atoms with Crippen LogP contribution in [-0.4, -0.2) is 37.2 Å². The number of hydrogen-bond acceptors (Lipinski definition) is 6. The SMILES string of the molecule is CCC/C=C\C/C=C\CCCCCCCC(=O)OC(COC(=O)CCCCCCCCC)COC(=O)CCCCCCCCCCCCCCCCCCCCCCCCCCCCCCCC. The second-order valence-corrected chi connectivity index (χ2v) is 20.6. The molecule has 0 bridgehead atoms. The molecule has 0 aliphatic rings. The third kappa shape index (κ3) is 54.8. The number of esters is 3. The first kappa shape index (κ1) is 65.9. The standard InChI is InChI=1S/C62H116O6/c1-4-7-10-13-16-18-20-22-23-24-25-26-27-28-29-30-31-32-33-34-35-36-37-38-40-41-43-46-49-52-55-61(64)67-58-59(57-66-60(63)54-51-48-45-15-12-9-6-3)68-62(65)56-53-50-47-44-42-39-21-19-17-14-11-8-5-2/h11,14,19,21,59H,4-10,12-13,15-18,20,22-58H2,1-3H3/b14-11-,21-19-. The van der Waals surface area contributed by atoms with Gasteiger partial charge in [0.1, 0.15) is 13.2 Å². The lowest BCUT2D eigenvalue weighted by Crippen LogP contribution is -2.30. The molecule has 0 aliphatic heterocycles. The lowest BCUT2D eigenvalue weighted by Gasteiger charge is -2.18. The van der Waals surface area contributed by atoms with E-state index in [0.717, 1.165) is 89.9 Å². The van der Waals surface area contributed by atoms with Crippen LogP contribution in [0.2, 0.25) is 0 Å². The molecule has 0 aliphatic carbocycles. The minimum absolute atomic E-state index is 0.0726. The molecule has 0 rings (SSSR count). The first-order valence-electron chi connectivity index (χ1n) is 30.3. The molecule has 0 heterocycles. The number of carbonyl (C=O) groups is 3. The van der Waals surface area contributed by atoms with E-state index in [-0.39, 0.29) is 31.1 Å². The summed E-state index contributed by atoms with van der Waals surface area (Å²) in [4.78, 5) is 37.9. The van der Waals surface area contributed by atoms with E-state index >= 15 is 0 Å². The van der Waals surface area contributed by atoms with Gasteiger partial charge in [0.25, 0.3) is 0 Å². The Morgan fingerprint density at radius 1 is 0.294 bits per heavy atom. The van der Waals surface area contributed by atoms with Crippen LogP contribution in [0.3, 0.4) is 0 Å². The minimum atomic E-state index is -0.772. The van der Waals surface area contributed by atoms with Crippen molar-refractivity contribution in [2.75, 3.05) is 13.2 Å². The smallest absolute Gasteiger partial charge is 0.306 e. The fourth-order valence-electron chi connectivity index (χ4n) is 9.13. The van der Waals surface area contributed by atoms with E-state index in [1.807, 2.05) is 0 Å². The second-order valence-electron chi connectivity index (χ2n) is 20.6. The predicted molar refractivity (Wildman–Crippen MR) is 293 cm³/mol. The van der Waals surface area contributed by atoms with Crippen molar-refractivity contribution in [3.05, 3.63) is 24.3 Å². The summed E-state index contributed by atoms with van der Waals surface area (Å²) in [5.41, 5.74) is 0. The van der Waals surface area contributed by atoms with E-state index in [4.69, 9.17) is 14.2 Å². The molecule has 0 amide bonds. The average Bonchev–Trinajstić information content (AvgIpc) is 3.34. The summed E-state index contributed by atoms with van der Waals surface area (Å²) in [5.74, 6) is -0.877. The van der Waals surface area contributed by atoms with Gasteiger partial charge < -0.3 is 14.2 Å². The fourth-order valence-corrected chi connectivity index (χ4v) is 9.13. The minimum Gasteiger partial charge on any atom is -0.462 e. The fraction of sp³-hybridized carbons (Fsp3) is 0.887. The lowest BCUT2D eigenvalue weighted by atomic mass is 10.0. The van der Waals surface area contributed by atoms with Crippen LogP contribution in [0.15, 0.2) is 24.3 Å². The van der Waals surface area contributed by atoms with Gasteiger partial charge in [-0.05, 0) is 44.9 Å². The summed E-state index contributed by atoms with van der Waals surface area (Å²) in [6.45, 7) is 6.56. The van der Waals surface area contributed by atoms with Gasteiger partial charge in [0.15, 0.2) is 6.10 Å².